The second kappa shape index (κ2) is 15.8. The van der Waals surface area contributed by atoms with E-state index in [9.17, 15) is 4.79 Å². The van der Waals surface area contributed by atoms with E-state index >= 15 is 0 Å². The number of ketones is 1. The molecule has 70 heavy (non-hydrogen) atoms. The van der Waals surface area contributed by atoms with Crippen molar-refractivity contribution in [3.8, 4) is 28.2 Å². The van der Waals surface area contributed by atoms with Crippen molar-refractivity contribution in [2.75, 3.05) is 0 Å². The van der Waals surface area contributed by atoms with Gasteiger partial charge in [0.15, 0.2) is 0 Å². The Kier molecular flexibility index (Phi) is 9.10. The molecule has 1 aliphatic rings. The number of aromatic nitrogens is 3. The molecule has 328 valence electrons. The summed E-state index contributed by atoms with van der Waals surface area (Å²) in [5.74, 6) is -0.169. The zero-order valence-corrected chi connectivity index (χ0v) is 38.7. The Hall–Kier alpha value is -8.90. The van der Waals surface area contributed by atoms with Gasteiger partial charge in [0.25, 0.3) is 0 Å². The van der Waals surface area contributed by atoms with Gasteiger partial charge in [0.1, 0.15) is 0 Å². The number of Topliss-reactive ketones (excluding diaryl/α,β-unsaturated/α-hetero) is 1. The number of carbonyl (C=O) groups is 1. The third-order valence-corrected chi connectivity index (χ3v) is 14.9. The van der Waals surface area contributed by atoms with Crippen molar-refractivity contribution < 1.29 is 4.79 Å². The fraction of sp³-hybridized carbons (Fsp3) is 0.0154. The van der Waals surface area contributed by atoms with Gasteiger partial charge in [-0.3, -0.25) is 4.79 Å². The number of hydrogen-bond donors (Lipinski definition) is 0. The summed E-state index contributed by atoms with van der Waals surface area (Å²) in [5, 5.41) is 6.77. The summed E-state index contributed by atoms with van der Waals surface area (Å²) in [6, 6.07) is 81.4. The lowest BCUT2D eigenvalue weighted by Gasteiger charge is -2.14. The number of hydrogen-bond acceptors (Lipinski definition) is 2. The largest absolute Gasteiger partial charge is 0.309 e. The molecular weight excluding hydrogens is 871 g/mol. The van der Waals surface area contributed by atoms with E-state index in [1.165, 1.54) is 32.9 Å². The molecule has 0 atom stereocenters. The van der Waals surface area contributed by atoms with Gasteiger partial charge in [-0.05, 0) is 142 Å². The molecule has 10 aromatic carbocycles. The van der Waals surface area contributed by atoms with E-state index in [-0.39, 0.29) is 5.78 Å². The second-order valence-corrected chi connectivity index (χ2v) is 18.8. The van der Waals surface area contributed by atoms with Crippen LogP contribution in [-0.4, -0.2) is 24.3 Å². The number of benzene rings is 10. The molecule has 0 N–H and O–H groups in total. The minimum atomic E-state index is -0.169. The third-order valence-electron chi connectivity index (χ3n) is 14.4. The summed E-state index contributed by atoms with van der Waals surface area (Å²) in [6.07, 6.45) is 3.09. The molecule has 14 rings (SSSR count). The first-order valence-corrected chi connectivity index (χ1v) is 24.2. The second-order valence-electron chi connectivity index (χ2n) is 18.4. The number of fused-ring (bicyclic) bond motifs is 12. The highest BCUT2D eigenvalue weighted by Gasteiger charge is 2.25. The average molecular weight is 912 g/mol. The smallest absolute Gasteiger partial charge is 0.204 e. The van der Waals surface area contributed by atoms with Crippen LogP contribution < -0.4 is 0 Å². The number of thiocarbonyl (C=S) groups is 1. The molecule has 13 aromatic rings. The van der Waals surface area contributed by atoms with Crippen LogP contribution in [0.15, 0.2) is 231 Å². The lowest BCUT2D eigenvalue weighted by Crippen LogP contribution is -2.13. The molecule has 0 amide bonds. The molecule has 0 aliphatic heterocycles. The third kappa shape index (κ3) is 6.22. The highest BCUT2D eigenvalue weighted by molar-refractivity contribution is 7.82. The van der Waals surface area contributed by atoms with E-state index in [1.54, 1.807) is 0 Å². The standard InChI is InChI=1S/C65H41N3OS/c69-64(43-31-32-60-54(35-43)57-39-56-51-26-14-16-28-59(51)67(48-21-9-3-10-22-48)62(56)40-63(57)68(60)49-23-11-4-12-24-49)65(70)44-30-29-42-33-45(41-17-5-1-6-18-41)34-46-37-61-55(38-53(46)52(42)36-44)50-25-13-15-27-58(50)66(61)47-19-7-2-8-20-47/h1-32,34-40H,33H2. The molecule has 5 heteroatoms. The van der Waals surface area contributed by atoms with Gasteiger partial charge in [-0.15, -0.1) is 0 Å². The quantitative estimate of drug-likeness (QED) is 0.118. The Labute approximate surface area is 409 Å². The van der Waals surface area contributed by atoms with Crippen LogP contribution in [0.2, 0.25) is 0 Å². The van der Waals surface area contributed by atoms with Gasteiger partial charge in [0.05, 0.1) is 38.0 Å². The fourth-order valence-electron chi connectivity index (χ4n) is 11.2. The number of allylic oxidation sites excluding steroid dienone is 1. The molecule has 0 radical (unpaired) electrons. The van der Waals surface area contributed by atoms with E-state index in [0.29, 0.717) is 10.4 Å². The monoisotopic (exact) mass is 911 g/mol. The minimum absolute atomic E-state index is 0.169. The number of para-hydroxylation sites is 5. The lowest BCUT2D eigenvalue weighted by molar-refractivity contribution is 0.106. The highest BCUT2D eigenvalue weighted by Crippen LogP contribution is 2.44. The van der Waals surface area contributed by atoms with Crippen LogP contribution >= 0.6 is 12.2 Å². The topological polar surface area (TPSA) is 31.9 Å². The van der Waals surface area contributed by atoms with Crippen molar-refractivity contribution in [3.63, 3.8) is 0 Å². The molecule has 0 fully saturated rings. The Morgan fingerprint density at radius 3 is 1.44 bits per heavy atom. The molecule has 0 saturated carbocycles. The van der Waals surface area contributed by atoms with Gasteiger partial charge in [0, 0.05) is 54.9 Å². The van der Waals surface area contributed by atoms with E-state index in [0.717, 1.165) is 95.0 Å². The molecule has 0 saturated heterocycles. The Morgan fingerprint density at radius 2 is 0.843 bits per heavy atom. The van der Waals surface area contributed by atoms with Crippen LogP contribution in [0.5, 0.6) is 0 Å². The maximum absolute atomic E-state index is 15.0. The first-order valence-electron chi connectivity index (χ1n) is 23.8. The predicted molar refractivity (Wildman–Crippen MR) is 295 cm³/mol. The van der Waals surface area contributed by atoms with E-state index in [1.807, 2.05) is 18.2 Å². The summed E-state index contributed by atoms with van der Waals surface area (Å²) in [6.45, 7) is 0. The van der Waals surface area contributed by atoms with Crippen molar-refractivity contribution >= 4 is 99.9 Å². The maximum Gasteiger partial charge on any atom is 0.204 e. The van der Waals surface area contributed by atoms with E-state index in [2.05, 4.69) is 232 Å². The lowest BCUT2D eigenvalue weighted by atomic mass is 9.90. The highest BCUT2D eigenvalue weighted by atomic mass is 32.1. The number of nitrogens with zero attached hydrogens (tertiary/aromatic N) is 3. The van der Waals surface area contributed by atoms with E-state index < -0.39 is 0 Å². The van der Waals surface area contributed by atoms with Crippen molar-refractivity contribution in [2.45, 2.75) is 6.42 Å². The molecule has 1 aliphatic carbocycles. The molecule has 0 unspecified atom stereocenters. The van der Waals surface area contributed by atoms with E-state index in [4.69, 9.17) is 12.2 Å². The SMILES string of the molecule is O=C(C(=S)c1ccc2c(c1)-c1cc3c4ccccc4n(-c4ccccc4)c3cc1C=C(c1ccccc1)C2)c1ccc2c(c1)c1cc3c4ccccc4n(-c4ccccc4)c3cc1n2-c1ccccc1. The normalized spacial score (nSPS) is 12.4. The number of carbonyl (C=O) groups excluding carboxylic acids is 1. The summed E-state index contributed by atoms with van der Waals surface area (Å²) in [7, 11) is 0. The van der Waals surface area contributed by atoms with Crippen LogP contribution in [-0.2, 0) is 6.42 Å². The Bertz CT molecular complexity index is 4330. The average Bonchev–Trinajstić information content (AvgIpc) is 4.00. The summed E-state index contributed by atoms with van der Waals surface area (Å²) < 4.78 is 7.05. The van der Waals surface area contributed by atoms with Crippen LogP contribution in [0, 0.1) is 0 Å². The Morgan fingerprint density at radius 1 is 0.371 bits per heavy atom. The van der Waals surface area contributed by atoms with Crippen LogP contribution in [0.25, 0.3) is 105 Å². The van der Waals surface area contributed by atoms with Crippen LogP contribution in [0.3, 0.4) is 0 Å². The van der Waals surface area contributed by atoms with Crippen molar-refractivity contribution in [3.05, 3.63) is 258 Å². The molecular formula is C65H41N3OS. The molecule has 3 heterocycles. The molecule has 3 aromatic heterocycles. The summed E-state index contributed by atoms with van der Waals surface area (Å²) in [4.78, 5) is 15.3. The molecule has 0 bridgehead atoms. The van der Waals surface area contributed by atoms with Crippen LogP contribution in [0.1, 0.15) is 32.6 Å². The molecule has 4 nitrogen and oxygen atoms in total. The predicted octanol–water partition coefficient (Wildman–Crippen LogP) is 16.3. The summed E-state index contributed by atoms with van der Waals surface area (Å²) >= 11 is 6.25. The number of rotatable bonds is 7. The first-order chi connectivity index (χ1) is 34.6. The van der Waals surface area contributed by atoms with Crippen molar-refractivity contribution in [1.82, 2.24) is 13.7 Å². The van der Waals surface area contributed by atoms with Gasteiger partial charge in [-0.25, -0.2) is 0 Å². The zero-order valence-electron chi connectivity index (χ0n) is 37.9. The van der Waals surface area contributed by atoms with Gasteiger partial charge < -0.3 is 13.7 Å². The summed E-state index contributed by atoms with van der Waals surface area (Å²) in [5.41, 5.74) is 18.2. The fourth-order valence-corrected chi connectivity index (χ4v) is 11.5. The van der Waals surface area contributed by atoms with Gasteiger partial charge in [0.2, 0.25) is 5.78 Å². The van der Waals surface area contributed by atoms with Crippen LogP contribution in [0.4, 0.5) is 0 Å². The zero-order chi connectivity index (χ0) is 46.5. The van der Waals surface area contributed by atoms with Gasteiger partial charge in [-0.1, -0.05) is 152 Å². The van der Waals surface area contributed by atoms with Crippen molar-refractivity contribution in [2.24, 2.45) is 0 Å². The first kappa shape index (κ1) is 40.2. The Balaban J connectivity index is 0.924. The van der Waals surface area contributed by atoms with Crippen molar-refractivity contribution in [1.29, 1.82) is 0 Å². The minimum Gasteiger partial charge on any atom is -0.309 e. The molecule has 0 spiro atoms. The van der Waals surface area contributed by atoms with Gasteiger partial charge in [-0.2, -0.15) is 0 Å². The van der Waals surface area contributed by atoms with Gasteiger partial charge >= 0.3 is 0 Å². The maximum atomic E-state index is 15.0.